The molecule has 6 nitrogen and oxygen atoms in total. The second-order valence-electron chi connectivity index (χ2n) is 9.85. The lowest BCUT2D eigenvalue weighted by molar-refractivity contribution is -0.0448. The van der Waals surface area contributed by atoms with Crippen molar-refractivity contribution in [1.29, 1.82) is 0 Å². The van der Waals surface area contributed by atoms with E-state index >= 15 is 0 Å². The van der Waals surface area contributed by atoms with Gasteiger partial charge in [0.25, 0.3) is 10.0 Å². The van der Waals surface area contributed by atoms with Crippen molar-refractivity contribution >= 4 is 21.5 Å². The van der Waals surface area contributed by atoms with Gasteiger partial charge in [-0.15, -0.1) is 0 Å². The molecule has 1 unspecified atom stereocenters. The molecular formula is C31H26N2O4S. The highest BCUT2D eigenvalue weighted by Gasteiger charge is 2.63. The number of ketones is 1. The summed E-state index contributed by atoms with van der Waals surface area (Å²) in [5.41, 5.74) is 2.58. The first-order chi connectivity index (χ1) is 18.3. The number of aliphatic hydroxyl groups excluding tert-OH is 1. The zero-order valence-corrected chi connectivity index (χ0v) is 21.5. The minimum atomic E-state index is -4.31. The lowest BCUT2D eigenvalue weighted by Gasteiger charge is -2.45. The van der Waals surface area contributed by atoms with Crippen LogP contribution in [0.4, 0.5) is 0 Å². The summed E-state index contributed by atoms with van der Waals surface area (Å²) < 4.78 is 28.7. The van der Waals surface area contributed by atoms with Gasteiger partial charge in [-0.3, -0.25) is 4.79 Å². The number of carbonyl (C=O) groups excluding carboxylic acids is 1. The Labute approximate surface area is 221 Å². The summed E-state index contributed by atoms with van der Waals surface area (Å²) in [6, 6.07) is 32.4. The Kier molecular flexibility index (Phi) is 5.78. The number of Topliss-reactive ketones (excluding diaryl/α,β-unsaturated/α-hetero) is 1. The fourth-order valence-corrected chi connectivity index (χ4v) is 7.11. The third kappa shape index (κ3) is 3.61. The van der Waals surface area contributed by atoms with Gasteiger partial charge in [0, 0.05) is 17.9 Å². The lowest BCUT2D eigenvalue weighted by atomic mass is 9.66. The van der Waals surface area contributed by atoms with Crippen molar-refractivity contribution in [3.05, 3.63) is 137 Å². The fraction of sp³-hybridized carbons (Fsp3) is 0.161. The normalized spacial score (nSPS) is 22.8. The molecule has 190 valence electrons. The van der Waals surface area contributed by atoms with Crippen LogP contribution in [0.25, 0.3) is 0 Å². The van der Waals surface area contributed by atoms with E-state index in [9.17, 15) is 18.3 Å². The van der Waals surface area contributed by atoms with Crippen LogP contribution in [0.15, 0.2) is 119 Å². The molecule has 0 saturated carbocycles. The summed E-state index contributed by atoms with van der Waals surface area (Å²) in [4.78, 5) is 14.4. The van der Waals surface area contributed by atoms with Gasteiger partial charge < -0.3 is 5.11 Å². The molecule has 2 aliphatic rings. The van der Waals surface area contributed by atoms with Gasteiger partial charge in [-0.05, 0) is 35.7 Å². The zero-order chi connectivity index (χ0) is 26.5. The Bertz CT molecular complexity index is 1650. The predicted molar refractivity (Wildman–Crippen MR) is 145 cm³/mol. The fourth-order valence-electron chi connectivity index (χ4n) is 5.75. The average molecular weight is 523 g/mol. The molecule has 1 spiro atoms. The van der Waals surface area contributed by atoms with Gasteiger partial charge in [-0.25, -0.2) is 0 Å². The van der Waals surface area contributed by atoms with Crippen molar-refractivity contribution in [3.63, 3.8) is 0 Å². The van der Waals surface area contributed by atoms with E-state index in [2.05, 4.69) is 5.10 Å². The molecule has 1 N–H and O–H groups in total. The molecule has 4 aromatic rings. The molecule has 0 fully saturated rings. The number of fused-ring (bicyclic) bond motifs is 1. The maximum atomic E-state index is 14.4. The Morgan fingerprint density at radius 2 is 1.45 bits per heavy atom. The summed E-state index contributed by atoms with van der Waals surface area (Å²) in [7, 11) is -4.31. The second-order valence-corrected chi connectivity index (χ2v) is 11.6. The molecule has 0 radical (unpaired) electrons. The molecule has 6 rings (SSSR count). The van der Waals surface area contributed by atoms with Crippen LogP contribution in [0, 0.1) is 12.3 Å². The molecule has 4 aromatic carbocycles. The standard InChI is InChI=1S/C31H26N2O4S/c1-21-16-18-24(19-17-21)38(36,37)33-30(35)31(20-27(32-33)22-10-4-2-5-11-22)28(23-12-6-3-7-13-23)25-14-8-9-15-26(25)29(31)34/h2-19,28,30,35H,20H2,1H3/t28-,30?,31+/m1/s1. The second kappa shape index (κ2) is 9.04. The van der Waals surface area contributed by atoms with E-state index in [0.29, 0.717) is 16.8 Å². The molecule has 0 amide bonds. The van der Waals surface area contributed by atoms with Gasteiger partial charge in [-0.1, -0.05) is 103 Å². The molecular weight excluding hydrogens is 496 g/mol. The molecule has 38 heavy (non-hydrogen) atoms. The number of aryl methyl sites for hydroxylation is 1. The summed E-state index contributed by atoms with van der Waals surface area (Å²) >= 11 is 0. The van der Waals surface area contributed by atoms with Crippen LogP contribution in [0.3, 0.4) is 0 Å². The maximum absolute atomic E-state index is 14.4. The number of rotatable bonds is 4. The number of sulfonamides is 1. The average Bonchev–Trinajstić information content (AvgIpc) is 3.19. The van der Waals surface area contributed by atoms with Crippen LogP contribution in [0.5, 0.6) is 0 Å². The van der Waals surface area contributed by atoms with Crippen molar-refractivity contribution in [3.8, 4) is 0 Å². The summed E-state index contributed by atoms with van der Waals surface area (Å²) in [5, 5.41) is 16.5. The van der Waals surface area contributed by atoms with E-state index in [-0.39, 0.29) is 17.1 Å². The van der Waals surface area contributed by atoms with Crippen LogP contribution in [-0.4, -0.2) is 35.7 Å². The lowest BCUT2D eigenvalue weighted by Crippen LogP contribution is -2.57. The minimum absolute atomic E-state index is 0.00502. The van der Waals surface area contributed by atoms with E-state index in [1.807, 2.05) is 79.7 Å². The van der Waals surface area contributed by atoms with E-state index in [1.165, 1.54) is 12.1 Å². The third-order valence-electron chi connectivity index (χ3n) is 7.61. The van der Waals surface area contributed by atoms with Crippen LogP contribution >= 0.6 is 0 Å². The van der Waals surface area contributed by atoms with Crippen LogP contribution in [0.2, 0.25) is 0 Å². The molecule has 1 aliphatic carbocycles. The quantitative estimate of drug-likeness (QED) is 0.403. The zero-order valence-electron chi connectivity index (χ0n) is 20.7. The Hall–Kier alpha value is -4.07. The van der Waals surface area contributed by atoms with Crippen LogP contribution in [-0.2, 0) is 10.0 Å². The summed E-state index contributed by atoms with van der Waals surface area (Å²) in [6.07, 6.45) is -1.66. The Morgan fingerprint density at radius 1 is 0.842 bits per heavy atom. The van der Waals surface area contributed by atoms with E-state index in [0.717, 1.165) is 21.1 Å². The third-order valence-corrected chi connectivity index (χ3v) is 9.25. The van der Waals surface area contributed by atoms with E-state index in [4.69, 9.17) is 0 Å². The van der Waals surface area contributed by atoms with Crippen LogP contribution < -0.4 is 0 Å². The Balaban J connectivity index is 1.61. The van der Waals surface area contributed by atoms with Gasteiger partial charge in [-0.2, -0.15) is 17.9 Å². The number of aliphatic hydroxyl groups is 1. The topological polar surface area (TPSA) is 87.0 Å². The molecule has 3 atom stereocenters. The number of hydrazone groups is 1. The predicted octanol–water partition coefficient (Wildman–Crippen LogP) is 5.13. The maximum Gasteiger partial charge on any atom is 0.281 e. The Morgan fingerprint density at radius 3 is 2.13 bits per heavy atom. The minimum Gasteiger partial charge on any atom is -0.370 e. The first kappa shape index (κ1) is 24.3. The molecule has 7 heteroatoms. The van der Waals surface area contributed by atoms with Crippen molar-refractivity contribution in [2.24, 2.45) is 10.5 Å². The first-order valence-electron chi connectivity index (χ1n) is 12.4. The largest absolute Gasteiger partial charge is 0.370 e. The number of carbonyl (C=O) groups is 1. The summed E-state index contributed by atoms with van der Waals surface area (Å²) in [5.74, 6) is -0.866. The summed E-state index contributed by atoms with van der Waals surface area (Å²) in [6.45, 7) is 1.87. The molecule has 0 bridgehead atoms. The highest BCUT2D eigenvalue weighted by Crippen LogP contribution is 2.57. The van der Waals surface area contributed by atoms with Crippen molar-refractivity contribution in [2.45, 2.75) is 30.4 Å². The number of nitrogens with zero attached hydrogens (tertiary/aromatic N) is 2. The molecule has 0 saturated heterocycles. The first-order valence-corrected chi connectivity index (χ1v) is 13.9. The van der Waals surface area contributed by atoms with Gasteiger partial charge in [0.2, 0.25) is 0 Å². The van der Waals surface area contributed by atoms with Gasteiger partial charge >= 0.3 is 0 Å². The monoisotopic (exact) mass is 522 g/mol. The van der Waals surface area contributed by atoms with Crippen molar-refractivity contribution < 1.29 is 18.3 Å². The highest BCUT2D eigenvalue weighted by molar-refractivity contribution is 7.89. The van der Waals surface area contributed by atoms with Gasteiger partial charge in [0.1, 0.15) is 0 Å². The van der Waals surface area contributed by atoms with E-state index < -0.39 is 27.6 Å². The van der Waals surface area contributed by atoms with E-state index in [1.54, 1.807) is 24.3 Å². The number of hydrogen-bond donors (Lipinski definition) is 1. The van der Waals surface area contributed by atoms with Crippen molar-refractivity contribution in [2.75, 3.05) is 0 Å². The van der Waals surface area contributed by atoms with Crippen molar-refractivity contribution in [1.82, 2.24) is 4.41 Å². The smallest absolute Gasteiger partial charge is 0.281 e. The van der Waals surface area contributed by atoms with Crippen LogP contribution in [0.1, 0.15) is 45.0 Å². The van der Waals surface area contributed by atoms with Gasteiger partial charge in [0.05, 0.1) is 16.0 Å². The molecule has 1 aliphatic heterocycles. The molecule has 0 aromatic heterocycles. The van der Waals surface area contributed by atoms with Gasteiger partial charge in [0.15, 0.2) is 12.0 Å². The highest BCUT2D eigenvalue weighted by atomic mass is 32.2. The SMILES string of the molecule is Cc1ccc(S(=O)(=O)N2N=C(c3ccccc3)C[C@]3(C(=O)c4ccccc4[C@H]3c3ccccc3)C2O)cc1. The number of hydrogen-bond acceptors (Lipinski definition) is 5. The molecule has 1 heterocycles. The number of benzene rings is 4.